The van der Waals surface area contributed by atoms with Crippen molar-refractivity contribution in [3.63, 3.8) is 0 Å². The van der Waals surface area contributed by atoms with E-state index in [2.05, 4.69) is 5.32 Å². The Morgan fingerprint density at radius 3 is 2.46 bits per heavy atom. The van der Waals surface area contributed by atoms with E-state index in [0.717, 1.165) is 0 Å². The predicted molar refractivity (Wildman–Crippen MR) is 88.5 cm³/mol. The topological polar surface area (TPSA) is 105 Å². The number of ether oxygens (including phenoxy) is 2. The zero-order valence-electron chi connectivity index (χ0n) is 14.5. The van der Waals surface area contributed by atoms with E-state index in [9.17, 15) is 14.7 Å². The second-order valence-corrected chi connectivity index (χ2v) is 5.97. The van der Waals surface area contributed by atoms with Gasteiger partial charge in [-0.05, 0) is 38.0 Å². The molecule has 0 aliphatic heterocycles. The number of hydrogen-bond donors (Lipinski definition) is 3. The second kappa shape index (κ2) is 8.54. The van der Waals surface area contributed by atoms with Crippen LogP contribution < -0.4 is 14.8 Å². The molecule has 3 N–H and O–H groups in total. The minimum atomic E-state index is -1.10. The highest BCUT2D eigenvalue weighted by atomic mass is 16.5. The summed E-state index contributed by atoms with van der Waals surface area (Å²) in [6, 6.07) is 4.49. The molecule has 0 radical (unpaired) electrons. The van der Waals surface area contributed by atoms with Gasteiger partial charge in [0.25, 0.3) is 5.91 Å². The number of benzene rings is 1. The molecule has 7 heteroatoms. The summed E-state index contributed by atoms with van der Waals surface area (Å²) in [4.78, 5) is 22.8. The Labute approximate surface area is 141 Å². The molecular weight excluding hydrogens is 314 g/mol. The van der Waals surface area contributed by atoms with Crippen LogP contribution in [0.3, 0.4) is 0 Å². The van der Waals surface area contributed by atoms with Crippen molar-refractivity contribution < 1.29 is 29.3 Å². The lowest BCUT2D eigenvalue weighted by Crippen LogP contribution is -2.44. The summed E-state index contributed by atoms with van der Waals surface area (Å²) in [5.41, 5.74) is -0.677. The van der Waals surface area contributed by atoms with Crippen molar-refractivity contribution in [1.82, 2.24) is 5.32 Å². The number of hydrogen-bond acceptors (Lipinski definition) is 5. The summed E-state index contributed by atoms with van der Waals surface area (Å²) in [6.45, 7) is 7.13. The number of amides is 1. The molecule has 0 saturated carbocycles. The van der Waals surface area contributed by atoms with E-state index in [1.165, 1.54) is 18.2 Å². The van der Waals surface area contributed by atoms with Crippen LogP contribution in [0.5, 0.6) is 11.5 Å². The van der Waals surface area contributed by atoms with Crippen LogP contribution in [-0.2, 0) is 4.79 Å². The SMILES string of the molecule is CCOc1cc(C(=O)NCC(C)(O)C(C)C)ccc1OCC(=O)O. The minimum Gasteiger partial charge on any atom is -0.490 e. The Morgan fingerprint density at radius 1 is 1.25 bits per heavy atom. The third kappa shape index (κ3) is 5.73. The summed E-state index contributed by atoms with van der Waals surface area (Å²) in [5.74, 6) is -0.924. The van der Waals surface area contributed by atoms with E-state index in [4.69, 9.17) is 14.6 Å². The molecule has 1 aromatic rings. The van der Waals surface area contributed by atoms with Crippen molar-refractivity contribution in [3.05, 3.63) is 23.8 Å². The van der Waals surface area contributed by atoms with E-state index in [1.54, 1.807) is 13.8 Å². The maximum atomic E-state index is 12.2. The normalized spacial score (nSPS) is 13.2. The van der Waals surface area contributed by atoms with Gasteiger partial charge in [0.05, 0.1) is 12.2 Å². The average molecular weight is 339 g/mol. The molecular formula is C17H25NO6. The molecule has 0 aliphatic rings. The van der Waals surface area contributed by atoms with Gasteiger partial charge < -0.3 is 25.0 Å². The van der Waals surface area contributed by atoms with E-state index in [-0.39, 0.29) is 24.1 Å². The van der Waals surface area contributed by atoms with Crippen molar-refractivity contribution in [1.29, 1.82) is 0 Å². The van der Waals surface area contributed by atoms with Gasteiger partial charge >= 0.3 is 5.97 Å². The first kappa shape index (κ1) is 19.8. The number of carboxylic acids is 1. The quantitative estimate of drug-likeness (QED) is 0.632. The third-order valence-corrected chi connectivity index (χ3v) is 3.71. The summed E-state index contributed by atoms with van der Waals surface area (Å²) in [6.07, 6.45) is 0. The fraction of sp³-hybridized carbons (Fsp3) is 0.529. The van der Waals surface area contributed by atoms with E-state index < -0.39 is 18.2 Å². The van der Waals surface area contributed by atoms with Crippen LogP contribution in [-0.4, -0.2) is 47.4 Å². The van der Waals surface area contributed by atoms with E-state index in [0.29, 0.717) is 17.9 Å². The Bertz CT molecular complexity index is 582. The van der Waals surface area contributed by atoms with Gasteiger partial charge in [-0.1, -0.05) is 13.8 Å². The number of carbonyl (C=O) groups is 2. The fourth-order valence-corrected chi connectivity index (χ4v) is 1.74. The number of aliphatic hydroxyl groups is 1. The lowest BCUT2D eigenvalue weighted by molar-refractivity contribution is -0.139. The van der Waals surface area contributed by atoms with Crippen molar-refractivity contribution in [2.45, 2.75) is 33.3 Å². The molecule has 24 heavy (non-hydrogen) atoms. The lowest BCUT2D eigenvalue weighted by Gasteiger charge is -2.27. The fourth-order valence-electron chi connectivity index (χ4n) is 1.74. The number of aliphatic carboxylic acids is 1. The monoisotopic (exact) mass is 339 g/mol. The van der Waals surface area contributed by atoms with Crippen LogP contribution in [0, 0.1) is 5.92 Å². The number of carbonyl (C=O) groups excluding carboxylic acids is 1. The van der Waals surface area contributed by atoms with Crippen LogP contribution in [0.2, 0.25) is 0 Å². The molecule has 0 spiro atoms. The standard InChI is InChI=1S/C17H25NO6/c1-5-23-14-8-12(6-7-13(14)24-9-15(19)20)16(21)18-10-17(4,22)11(2)3/h6-8,11,22H,5,9-10H2,1-4H3,(H,18,21)(H,19,20). The van der Waals surface area contributed by atoms with Crippen LogP contribution in [0.25, 0.3) is 0 Å². The Kier molecular flexibility index (Phi) is 7.03. The van der Waals surface area contributed by atoms with Gasteiger partial charge in [-0.15, -0.1) is 0 Å². The average Bonchev–Trinajstić information content (AvgIpc) is 2.51. The Hall–Kier alpha value is -2.28. The molecule has 0 fully saturated rings. The van der Waals surface area contributed by atoms with Gasteiger partial charge in [0, 0.05) is 12.1 Å². The van der Waals surface area contributed by atoms with E-state index in [1.807, 2.05) is 13.8 Å². The van der Waals surface area contributed by atoms with Crippen LogP contribution in [0.4, 0.5) is 0 Å². The van der Waals surface area contributed by atoms with Gasteiger partial charge in [-0.25, -0.2) is 4.79 Å². The van der Waals surface area contributed by atoms with Gasteiger partial charge in [0.2, 0.25) is 0 Å². The van der Waals surface area contributed by atoms with Crippen molar-refractivity contribution in [3.8, 4) is 11.5 Å². The molecule has 0 saturated heterocycles. The second-order valence-electron chi connectivity index (χ2n) is 5.97. The maximum Gasteiger partial charge on any atom is 0.341 e. The van der Waals surface area contributed by atoms with E-state index >= 15 is 0 Å². The molecule has 1 rings (SSSR count). The molecule has 0 aliphatic carbocycles. The summed E-state index contributed by atoms with van der Waals surface area (Å²) in [5, 5.41) is 21.5. The van der Waals surface area contributed by atoms with Gasteiger partial charge in [-0.3, -0.25) is 4.79 Å². The van der Waals surface area contributed by atoms with Crippen molar-refractivity contribution in [2.24, 2.45) is 5.92 Å². The first-order valence-corrected chi connectivity index (χ1v) is 7.79. The predicted octanol–water partition coefficient (Wildman–Crippen LogP) is 1.69. The maximum absolute atomic E-state index is 12.2. The number of rotatable bonds is 9. The van der Waals surface area contributed by atoms with Crippen molar-refractivity contribution >= 4 is 11.9 Å². The van der Waals surface area contributed by atoms with Crippen LogP contribution in [0.1, 0.15) is 38.1 Å². The molecule has 1 aromatic carbocycles. The summed E-state index contributed by atoms with van der Waals surface area (Å²) < 4.78 is 10.5. The zero-order chi connectivity index (χ0) is 18.3. The van der Waals surface area contributed by atoms with Gasteiger partial charge in [0.15, 0.2) is 18.1 Å². The molecule has 0 heterocycles. The van der Waals surface area contributed by atoms with Crippen molar-refractivity contribution in [2.75, 3.05) is 19.8 Å². The Morgan fingerprint density at radius 2 is 1.92 bits per heavy atom. The highest BCUT2D eigenvalue weighted by Crippen LogP contribution is 2.28. The Balaban J connectivity index is 2.86. The first-order valence-electron chi connectivity index (χ1n) is 7.79. The lowest BCUT2D eigenvalue weighted by atomic mass is 9.92. The molecule has 1 amide bonds. The third-order valence-electron chi connectivity index (χ3n) is 3.71. The number of nitrogens with one attached hydrogen (secondary N) is 1. The highest BCUT2D eigenvalue weighted by Gasteiger charge is 2.25. The van der Waals surface area contributed by atoms with Crippen LogP contribution in [0.15, 0.2) is 18.2 Å². The molecule has 0 aromatic heterocycles. The first-order chi connectivity index (χ1) is 11.2. The van der Waals surface area contributed by atoms with Gasteiger partial charge in [-0.2, -0.15) is 0 Å². The zero-order valence-corrected chi connectivity index (χ0v) is 14.5. The summed E-state index contributed by atoms with van der Waals surface area (Å²) >= 11 is 0. The minimum absolute atomic E-state index is 0.0106. The highest BCUT2D eigenvalue weighted by molar-refractivity contribution is 5.95. The number of carboxylic acid groups (broad SMARTS) is 1. The van der Waals surface area contributed by atoms with Crippen LogP contribution >= 0.6 is 0 Å². The molecule has 1 unspecified atom stereocenters. The summed E-state index contributed by atoms with van der Waals surface area (Å²) in [7, 11) is 0. The molecule has 1 atom stereocenters. The largest absolute Gasteiger partial charge is 0.490 e. The molecule has 0 bridgehead atoms. The molecule has 134 valence electrons. The molecule has 7 nitrogen and oxygen atoms in total. The smallest absolute Gasteiger partial charge is 0.341 e. The van der Waals surface area contributed by atoms with Gasteiger partial charge in [0.1, 0.15) is 0 Å².